The number of piperidine rings is 1. The Balaban J connectivity index is 1.15. The molecule has 0 radical (unpaired) electrons. The number of methoxy groups -OCH3 is 2. The summed E-state index contributed by atoms with van der Waals surface area (Å²) >= 11 is 0. The predicted octanol–water partition coefficient (Wildman–Crippen LogP) is 6.54. The SMILES string of the molecule is COc1ccc(-n2nc(C(=O)Nc3ccc(Oc4ccnc5cc(OCCCN6CCCCC6)c(OC)cc45)c(F)c3)c(C)cc2=O)cc1. The number of pyridine rings is 1. The van der Waals surface area contributed by atoms with Gasteiger partial charge in [0.15, 0.2) is 28.8 Å². The zero-order valence-electron chi connectivity index (χ0n) is 27.7. The average molecular weight is 668 g/mol. The number of carbonyl (C=O) groups is 1. The van der Waals surface area contributed by atoms with Crippen molar-refractivity contribution in [2.75, 3.05) is 45.8 Å². The van der Waals surface area contributed by atoms with Gasteiger partial charge in [-0.05, 0) is 93.4 Å². The Bertz CT molecular complexity index is 2010. The zero-order valence-corrected chi connectivity index (χ0v) is 27.7. The molecule has 5 aromatic rings. The van der Waals surface area contributed by atoms with Crippen molar-refractivity contribution >= 4 is 22.5 Å². The van der Waals surface area contributed by atoms with Gasteiger partial charge in [-0.15, -0.1) is 0 Å². The first-order valence-corrected chi connectivity index (χ1v) is 16.2. The number of aryl methyl sites for hydroxylation is 1. The number of nitrogens with zero attached hydrogens (tertiary/aromatic N) is 4. The van der Waals surface area contributed by atoms with Gasteiger partial charge in [0.2, 0.25) is 0 Å². The van der Waals surface area contributed by atoms with E-state index >= 15 is 4.39 Å². The minimum absolute atomic E-state index is 0.0127. The van der Waals surface area contributed by atoms with Crippen molar-refractivity contribution < 1.29 is 28.1 Å². The van der Waals surface area contributed by atoms with E-state index in [1.54, 1.807) is 62.7 Å². The fourth-order valence-electron chi connectivity index (χ4n) is 5.79. The van der Waals surface area contributed by atoms with Crippen LogP contribution in [0.4, 0.5) is 10.1 Å². The number of nitrogens with one attached hydrogen (secondary N) is 1. The molecule has 1 amide bonds. The monoisotopic (exact) mass is 667 g/mol. The van der Waals surface area contributed by atoms with Crippen molar-refractivity contribution in [3.63, 3.8) is 0 Å². The van der Waals surface area contributed by atoms with E-state index in [1.807, 2.05) is 0 Å². The molecule has 254 valence electrons. The highest BCUT2D eigenvalue weighted by Gasteiger charge is 2.18. The number of amides is 1. The van der Waals surface area contributed by atoms with Crippen molar-refractivity contribution in [3.05, 3.63) is 100 Å². The minimum Gasteiger partial charge on any atom is -0.497 e. The Hall–Kier alpha value is -5.49. The lowest BCUT2D eigenvalue weighted by molar-refractivity contribution is 0.102. The van der Waals surface area contributed by atoms with Crippen LogP contribution in [0.3, 0.4) is 0 Å². The van der Waals surface area contributed by atoms with Crippen LogP contribution in [0.25, 0.3) is 16.6 Å². The molecule has 49 heavy (non-hydrogen) atoms. The minimum atomic E-state index is -0.698. The van der Waals surface area contributed by atoms with Crippen molar-refractivity contribution in [2.24, 2.45) is 0 Å². The molecule has 1 saturated heterocycles. The molecule has 3 aromatic carbocycles. The van der Waals surface area contributed by atoms with Gasteiger partial charge in [0, 0.05) is 42.0 Å². The molecule has 1 aliphatic heterocycles. The molecule has 0 atom stereocenters. The zero-order chi connectivity index (χ0) is 34.3. The molecule has 6 rings (SSSR count). The van der Waals surface area contributed by atoms with Gasteiger partial charge in [-0.1, -0.05) is 6.42 Å². The van der Waals surface area contributed by atoms with Crippen LogP contribution in [-0.2, 0) is 0 Å². The lowest BCUT2D eigenvalue weighted by atomic mass is 10.1. The summed E-state index contributed by atoms with van der Waals surface area (Å²) in [4.78, 5) is 32.8. The summed E-state index contributed by atoms with van der Waals surface area (Å²) in [5, 5.41) is 7.56. The second kappa shape index (κ2) is 15.2. The fourth-order valence-corrected chi connectivity index (χ4v) is 5.79. The number of rotatable bonds is 12. The number of anilines is 1. The Labute approximate surface area is 283 Å². The Kier molecular flexibility index (Phi) is 10.3. The molecule has 2 aromatic heterocycles. The third-order valence-electron chi connectivity index (χ3n) is 8.38. The summed E-state index contributed by atoms with van der Waals surface area (Å²) in [7, 11) is 3.10. The molecule has 3 heterocycles. The van der Waals surface area contributed by atoms with Crippen molar-refractivity contribution in [1.29, 1.82) is 0 Å². The van der Waals surface area contributed by atoms with Gasteiger partial charge < -0.3 is 29.2 Å². The molecule has 0 bridgehead atoms. The number of carbonyl (C=O) groups excluding carboxylic acids is 1. The fraction of sp³-hybridized carbons (Fsp3) is 0.297. The van der Waals surface area contributed by atoms with Crippen LogP contribution in [0.15, 0.2) is 77.7 Å². The molecular formula is C37H38FN5O6. The van der Waals surface area contributed by atoms with Gasteiger partial charge in [-0.2, -0.15) is 9.78 Å². The van der Waals surface area contributed by atoms with Gasteiger partial charge in [-0.3, -0.25) is 14.6 Å². The van der Waals surface area contributed by atoms with E-state index in [9.17, 15) is 9.59 Å². The first-order valence-electron chi connectivity index (χ1n) is 16.2. The molecule has 1 N–H and O–H groups in total. The first kappa shape index (κ1) is 33.4. The van der Waals surface area contributed by atoms with Crippen LogP contribution in [0.1, 0.15) is 41.7 Å². The summed E-state index contributed by atoms with van der Waals surface area (Å²) in [6.07, 6.45) is 6.30. The predicted molar refractivity (Wildman–Crippen MR) is 184 cm³/mol. The normalized spacial score (nSPS) is 13.2. The average Bonchev–Trinajstić information content (AvgIpc) is 3.11. The molecule has 1 fully saturated rings. The van der Waals surface area contributed by atoms with Gasteiger partial charge in [0.1, 0.15) is 11.5 Å². The van der Waals surface area contributed by atoms with Gasteiger partial charge >= 0.3 is 0 Å². The van der Waals surface area contributed by atoms with Gasteiger partial charge in [0.05, 0.1) is 32.0 Å². The van der Waals surface area contributed by atoms with Gasteiger partial charge in [0.25, 0.3) is 11.5 Å². The van der Waals surface area contributed by atoms with Crippen LogP contribution < -0.4 is 29.8 Å². The first-order chi connectivity index (χ1) is 23.8. The van der Waals surface area contributed by atoms with E-state index in [4.69, 9.17) is 18.9 Å². The molecule has 0 aliphatic carbocycles. The number of aromatic nitrogens is 3. The molecule has 0 spiro atoms. The molecular weight excluding hydrogens is 629 g/mol. The highest BCUT2D eigenvalue weighted by Crippen LogP contribution is 2.38. The number of fused-ring (bicyclic) bond motifs is 1. The van der Waals surface area contributed by atoms with Crippen LogP contribution in [0.5, 0.6) is 28.7 Å². The Morgan fingerprint density at radius 3 is 2.43 bits per heavy atom. The molecule has 11 nitrogen and oxygen atoms in total. The molecule has 1 aliphatic rings. The Morgan fingerprint density at radius 2 is 1.69 bits per heavy atom. The highest BCUT2D eigenvalue weighted by atomic mass is 19.1. The maximum Gasteiger partial charge on any atom is 0.276 e. The number of ether oxygens (including phenoxy) is 4. The maximum absolute atomic E-state index is 15.4. The molecule has 0 unspecified atom stereocenters. The quantitative estimate of drug-likeness (QED) is 0.148. The second-order valence-corrected chi connectivity index (χ2v) is 11.8. The number of halogens is 1. The summed E-state index contributed by atoms with van der Waals surface area (Å²) in [5.41, 5.74) is 1.23. The molecule has 0 saturated carbocycles. The lowest BCUT2D eigenvalue weighted by Crippen LogP contribution is -2.31. The van der Waals surface area contributed by atoms with E-state index in [0.29, 0.717) is 51.8 Å². The molecule has 12 heteroatoms. The van der Waals surface area contributed by atoms with Crippen LogP contribution in [0.2, 0.25) is 0 Å². The Morgan fingerprint density at radius 1 is 0.898 bits per heavy atom. The summed E-state index contributed by atoms with van der Waals surface area (Å²) in [5.74, 6) is 0.723. The summed E-state index contributed by atoms with van der Waals surface area (Å²) < 4.78 is 39.4. The van der Waals surface area contributed by atoms with Crippen molar-refractivity contribution in [1.82, 2.24) is 19.7 Å². The van der Waals surface area contributed by atoms with E-state index in [2.05, 4.69) is 20.3 Å². The number of hydrogen-bond acceptors (Lipinski definition) is 9. The van der Waals surface area contributed by atoms with E-state index < -0.39 is 17.3 Å². The van der Waals surface area contributed by atoms with Crippen LogP contribution in [-0.4, -0.2) is 66.0 Å². The van der Waals surface area contributed by atoms with Crippen molar-refractivity contribution in [2.45, 2.75) is 32.6 Å². The van der Waals surface area contributed by atoms with Crippen LogP contribution in [0, 0.1) is 12.7 Å². The van der Waals surface area contributed by atoms with E-state index in [1.165, 1.54) is 44.6 Å². The standard InChI is InChI=1S/C37H38FN5O6/c1-24-20-35(44)43(26-9-11-27(46-2)12-10-26)41-36(24)37(45)40-25-8-13-32(29(38)21-25)49-31-14-15-39-30-23-34(33(47-3)22-28(30)31)48-19-7-18-42-16-5-4-6-17-42/h8-15,20-23H,4-7,16-19H2,1-3H3,(H,40,45). The van der Waals surface area contributed by atoms with E-state index in [0.717, 1.165) is 36.8 Å². The topological polar surface area (TPSA) is 117 Å². The number of benzene rings is 3. The highest BCUT2D eigenvalue weighted by molar-refractivity contribution is 6.03. The number of hydrogen-bond donors (Lipinski definition) is 1. The maximum atomic E-state index is 15.4. The summed E-state index contributed by atoms with van der Waals surface area (Å²) in [6, 6.07) is 17.3. The van der Waals surface area contributed by atoms with E-state index in [-0.39, 0.29) is 17.1 Å². The van der Waals surface area contributed by atoms with Crippen LogP contribution >= 0.6 is 0 Å². The summed E-state index contributed by atoms with van der Waals surface area (Å²) in [6.45, 7) is 5.44. The smallest absolute Gasteiger partial charge is 0.276 e. The second-order valence-electron chi connectivity index (χ2n) is 11.8. The number of likely N-dealkylation sites (tertiary alicyclic amines) is 1. The van der Waals surface area contributed by atoms with Gasteiger partial charge in [-0.25, -0.2) is 4.39 Å². The lowest BCUT2D eigenvalue weighted by Gasteiger charge is -2.26. The largest absolute Gasteiger partial charge is 0.497 e. The third-order valence-corrected chi connectivity index (χ3v) is 8.38. The van der Waals surface area contributed by atoms with Crippen molar-refractivity contribution in [3.8, 4) is 34.4 Å². The third kappa shape index (κ3) is 7.81.